The lowest BCUT2D eigenvalue weighted by atomic mass is 10.1. The normalized spacial score (nSPS) is 10.8. The lowest BCUT2D eigenvalue weighted by molar-refractivity contribution is -0.120. The molecule has 0 spiro atoms. The Hall–Kier alpha value is -3.81. The fourth-order valence-electron chi connectivity index (χ4n) is 3.67. The van der Waals surface area contributed by atoms with Crippen LogP contribution in [0.5, 0.6) is 5.75 Å². The van der Waals surface area contributed by atoms with Gasteiger partial charge in [-0.3, -0.25) is 24.0 Å². The maximum absolute atomic E-state index is 13.3. The van der Waals surface area contributed by atoms with E-state index in [1.807, 2.05) is 69.3 Å². The van der Waals surface area contributed by atoms with Gasteiger partial charge < -0.3 is 10.5 Å². The molecule has 33 heavy (non-hydrogen) atoms. The molecule has 1 heterocycles. The van der Waals surface area contributed by atoms with Gasteiger partial charge in [0, 0.05) is 6.54 Å². The predicted octanol–water partition coefficient (Wildman–Crippen LogP) is 3.15. The Kier molecular flexibility index (Phi) is 7.71. The molecule has 3 N–H and O–H groups in total. The van der Waals surface area contributed by atoms with Crippen molar-refractivity contribution in [2.75, 3.05) is 17.2 Å². The topological polar surface area (TPSA) is 110 Å². The van der Waals surface area contributed by atoms with E-state index in [9.17, 15) is 14.4 Å². The molecule has 174 valence electrons. The number of H-pyrrole nitrogens is 1. The second-order valence-electron chi connectivity index (χ2n) is 8.08. The smallest absolute Gasteiger partial charge is 0.330 e. The standard InChI is InChI=1S/C25H30N4O4/c1-4-5-11-28-23(26)22(24(31)27-25(28)32)29(15-19-9-7-6-8-10-19)21(30)16-33-20-13-17(2)12-18(3)14-20/h6-10,12-14H,4-5,11,15-16,26H2,1-3H3,(H,27,31,32). The molecule has 2 aromatic carbocycles. The van der Waals surface area contributed by atoms with Gasteiger partial charge in [0.05, 0.1) is 6.54 Å². The van der Waals surface area contributed by atoms with Crippen LogP contribution in [0.4, 0.5) is 11.5 Å². The van der Waals surface area contributed by atoms with Gasteiger partial charge in [-0.1, -0.05) is 49.7 Å². The van der Waals surface area contributed by atoms with E-state index < -0.39 is 17.2 Å². The van der Waals surface area contributed by atoms with Gasteiger partial charge in [-0.25, -0.2) is 4.79 Å². The third-order valence-corrected chi connectivity index (χ3v) is 5.26. The van der Waals surface area contributed by atoms with Crippen molar-refractivity contribution in [3.8, 4) is 5.75 Å². The summed E-state index contributed by atoms with van der Waals surface area (Å²) in [5.41, 5.74) is 7.76. The minimum Gasteiger partial charge on any atom is -0.484 e. The number of aryl methyl sites for hydroxylation is 2. The summed E-state index contributed by atoms with van der Waals surface area (Å²) in [4.78, 5) is 42.0. The van der Waals surface area contributed by atoms with Crippen LogP contribution in [0.3, 0.4) is 0 Å². The maximum atomic E-state index is 13.3. The van der Waals surface area contributed by atoms with Crippen LogP contribution in [0.25, 0.3) is 0 Å². The number of nitrogens with zero attached hydrogens (tertiary/aromatic N) is 2. The van der Waals surface area contributed by atoms with E-state index >= 15 is 0 Å². The summed E-state index contributed by atoms with van der Waals surface area (Å²) < 4.78 is 7.06. The van der Waals surface area contributed by atoms with E-state index in [0.29, 0.717) is 18.7 Å². The highest BCUT2D eigenvalue weighted by atomic mass is 16.5. The Morgan fingerprint density at radius 2 is 1.76 bits per heavy atom. The Labute approximate surface area is 192 Å². The fraction of sp³-hybridized carbons (Fsp3) is 0.320. The third kappa shape index (κ3) is 5.91. The van der Waals surface area contributed by atoms with Crippen molar-refractivity contribution in [1.29, 1.82) is 0 Å². The molecule has 1 amide bonds. The van der Waals surface area contributed by atoms with Crippen LogP contribution in [0.15, 0.2) is 58.1 Å². The minimum atomic E-state index is -0.707. The number of hydrogen-bond donors (Lipinski definition) is 2. The lowest BCUT2D eigenvalue weighted by Crippen LogP contribution is -2.42. The second-order valence-corrected chi connectivity index (χ2v) is 8.08. The van der Waals surface area contributed by atoms with Gasteiger partial charge in [-0.2, -0.15) is 0 Å². The number of rotatable bonds is 9. The van der Waals surface area contributed by atoms with Gasteiger partial charge in [0.2, 0.25) is 0 Å². The molecule has 3 aromatic rings. The van der Waals surface area contributed by atoms with Gasteiger partial charge in [0.1, 0.15) is 11.6 Å². The van der Waals surface area contributed by atoms with E-state index in [0.717, 1.165) is 23.1 Å². The van der Waals surface area contributed by atoms with E-state index in [1.165, 1.54) is 9.47 Å². The van der Waals surface area contributed by atoms with Crippen molar-refractivity contribution in [2.24, 2.45) is 0 Å². The number of carbonyl (C=O) groups is 1. The number of nitrogens with two attached hydrogens (primary N) is 1. The molecule has 0 fully saturated rings. The average molecular weight is 451 g/mol. The molecule has 0 saturated heterocycles. The zero-order valence-corrected chi connectivity index (χ0v) is 19.3. The first-order valence-corrected chi connectivity index (χ1v) is 11.0. The summed E-state index contributed by atoms with van der Waals surface area (Å²) in [7, 11) is 0. The lowest BCUT2D eigenvalue weighted by Gasteiger charge is -2.25. The minimum absolute atomic E-state index is 0.0344. The summed E-state index contributed by atoms with van der Waals surface area (Å²) in [6, 6.07) is 15.0. The highest BCUT2D eigenvalue weighted by Gasteiger charge is 2.25. The number of amides is 1. The number of anilines is 2. The summed E-state index contributed by atoms with van der Waals surface area (Å²) in [6.07, 6.45) is 1.55. The van der Waals surface area contributed by atoms with E-state index in [1.54, 1.807) is 0 Å². The van der Waals surface area contributed by atoms with Gasteiger partial charge in [-0.05, 0) is 49.1 Å². The maximum Gasteiger partial charge on any atom is 0.330 e. The molecule has 0 aliphatic rings. The molecule has 0 bridgehead atoms. The number of benzene rings is 2. The molecular formula is C25H30N4O4. The van der Waals surface area contributed by atoms with Crippen molar-refractivity contribution >= 4 is 17.4 Å². The number of nitrogens with one attached hydrogen (secondary N) is 1. The molecule has 8 heteroatoms. The summed E-state index contributed by atoms with van der Waals surface area (Å²) in [5, 5.41) is 0. The molecule has 1 aromatic heterocycles. The average Bonchev–Trinajstić information content (AvgIpc) is 2.76. The molecule has 0 aliphatic heterocycles. The van der Waals surface area contributed by atoms with Crippen molar-refractivity contribution < 1.29 is 9.53 Å². The zero-order valence-electron chi connectivity index (χ0n) is 19.3. The van der Waals surface area contributed by atoms with Gasteiger partial charge >= 0.3 is 5.69 Å². The number of aromatic nitrogens is 2. The molecule has 0 unspecified atom stereocenters. The van der Waals surface area contributed by atoms with Crippen LogP contribution in [-0.4, -0.2) is 22.1 Å². The number of aromatic amines is 1. The Bertz CT molecular complexity index is 1210. The van der Waals surface area contributed by atoms with Crippen LogP contribution in [-0.2, 0) is 17.9 Å². The van der Waals surface area contributed by atoms with Crippen LogP contribution < -0.4 is 26.6 Å². The Morgan fingerprint density at radius 1 is 1.09 bits per heavy atom. The van der Waals surface area contributed by atoms with E-state index in [-0.39, 0.29) is 24.7 Å². The fourth-order valence-corrected chi connectivity index (χ4v) is 3.67. The zero-order chi connectivity index (χ0) is 24.0. The summed E-state index contributed by atoms with van der Waals surface area (Å²) >= 11 is 0. The van der Waals surface area contributed by atoms with Gasteiger partial charge in [-0.15, -0.1) is 0 Å². The summed E-state index contributed by atoms with van der Waals surface area (Å²) in [6.45, 7) is 6.05. The quantitative estimate of drug-likeness (QED) is 0.520. The first-order chi connectivity index (χ1) is 15.8. The second kappa shape index (κ2) is 10.7. The molecular weight excluding hydrogens is 420 g/mol. The SMILES string of the molecule is CCCCn1c(N)c(N(Cc2ccccc2)C(=O)COc2cc(C)cc(C)c2)c(=O)[nH]c1=O. The third-order valence-electron chi connectivity index (χ3n) is 5.26. The van der Waals surface area contributed by atoms with Crippen molar-refractivity contribution in [3.05, 3.63) is 86.1 Å². The highest BCUT2D eigenvalue weighted by molar-refractivity contribution is 5.96. The van der Waals surface area contributed by atoms with Gasteiger partial charge in [0.25, 0.3) is 11.5 Å². The molecule has 3 rings (SSSR count). The van der Waals surface area contributed by atoms with Crippen LogP contribution in [0.1, 0.15) is 36.5 Å². The number of unbranched alkanes of at least 4 members (excludes halogenated alkanes) is 1. The van der Waals surface area contributed by atoms with E-state index in [2.05, 4.69) is 4.98 Å². The van der Waals surface area contributed by atoms with Crippen LogP contribution in [0.2, 0.25) is 0 Å². The number of hydrogen-bond acceptors (Lipinski definition) is 5. The van der Waals surface area contributed by atoms with Crippen molar-refractivity contribution in [1.82, 2.24) is 9.55 Å². The molecule has 8 nitrogen and oxygen atoms in total. The van der Waals surface area contributed by atoms with Crippen molar-refractivity contribution in [3.63, 3.8) is 0 Å². The molecule has 0 atom stereocenters. The number of carbonyl (C=O) groups excluding carboxylic acids is 1. The monoisotopic (exact) mass is 450 g/mol. The first kappa shape index (κ1) is 23.8. The van der Waals surface area contributed by atoms with Crippen LogP contribution >= 0.6 is 0 Å². The Morgan fingerprint density at radius 3 is 2.39 bits per heavy atom. The Balaban J connectivity index is 1.98. The predicted molar refractivity (Wildman–Crippen MR) is 130 cm³/mol. The number of ether oxygens (including phenoxy) is 1. The van der Waals surface area contributed by atoms with Crippen LogP contribution in [0, 0.1) is 13.8 Å². The van der Waals surface area contributed by atoms with E-state index in [4.69, 9.17) is 10.5 Å². The molecule has 0 aliphatic carbocycles. The largest absolute Gasteiger partial charge is 0.484 e. The number of nitrogen functional groups attached to an aromatic ring is 1. The molecule has 0 saturated carbocycles. The first-order valence-electron chi connectivity index (χ1n) is 11.0. The van der Waals surface area contributed by atoms with Gasteiger partial charge in [0.15, 0.2) is 12.3 Å². The molecule has 0 radical (unpaired) electrons. The summed E-state index contributed by atoms with van der Waals surface area (Å²) in [5.74, 6) is 0.0825. The highest BCUT2D eigenvalue weighted by Crippen LogP contribution is 2.21. The van der Waals surface area contributed by atoms with Crippen molar-refractivity contribution in [2.45, 2.75) is 46.7 Å².